The Morgan fingerprint density at radius 1 is 1.47 bits per heavy atom. The van der Waals surface area contributed by atoms with Crippen LogP contribution in [0.4, 0.5) is 18.9 Å². The van der Waals surface area contributed by atoms with Crippen molar-refractivity contribution >= 4 is 17.3 Å². The number of nitrogens with two attached hydrogens (primary N) is 2. The van der Waals surface area contributed by atoms with Gasteiger partial charge in [-0.3, -0.25) is 0 Å². The van der Waals surface area contributed by atoms with Gasteiger partial charge >= 0.3 is 6.36 Å². The predicted octanol–water partition coefficient (Wildman–Crippen LogP) is 1.67. The molecule has 0 unspecified atom stereocenters. The first-order chi connectivity index (χ1) is 6.85. The van der Waals surface area contributed by atoms with Crippen LogP contribution in [0.25, 0.3) is 0 Å². The second-order valence-corrected chi connectivity index (χ2v) is 2.92. The lowest BCUT2D eigenvalue weighted by molar-refractivity contribution is -0.274. The van der Waals surface area contributed by atoms with Crippen LogP contribution in [-0.2, 0) is 6.54 Å². The fraction of sp³-hybridized carbons (Fsp3) is 0.286. The number of halogens is 4. The summed E-state index contributed by atoms with van der Waals surface area (Å²) in [5, 5.41) is -0.161. The Morgan fingerprint density at radius 3 is 2.53 bits per heavy atom. The molecule has 0 radical (unpaired) electrons. The summed E-state index contributed by atoms with van der Waals surface area (Å²) in [6, 6.07) is 0. The van der Waals surface area contributed by atoms with Crippen molar-refractivity contribution in [1.29, 1.82) is 0 Å². The molecule has 15 heavy (non-hydrogen) atoms. The summed E-state index contributed by atoms with van der Waals surface area (Å²) in [5.41, 5.74) is 10.1. The molecule has 1 aromatic rings. The first-order valence-electron chi connectivity index (χ1n) is 3.74. The normalized spacial score (nSPS) is 11.5. The zero-order valence-corrected chi connectivity index (χ0v) is 8.06. The number of hydrogen-bond donors (Lipinski definition) is 2. The average molecular weight is 242 g/mol. The van der Waals surface area contributed by atoms with Crippen molar-refractivity contribution in [3.05, 3.63) is 16.9 Å². The highest BCUT2D eigenvalue weighted by atomic mass is 35.5. The van der Waals surface area contributed by atoms with Crippen LogP contribution in [0.1, 0.15) is 5.56 Å². The Kier molecular flexibility index (Phi) is 3.25. The third-order valence-electron chi connectivity index (χ3n) is 1.52. The number of pyridine rings is 1. The molecule has 0 aliphatic heterocycles. The van der Waals surface area contributed by atoms with Crippen molar-refractivity contribution in [1.82, 2.24) is 4.98 Å². The Balaban J connectivity index is 3.20. The van der Waals surface area contributed by atoms with E-state index in [1.165, 1.54) is 0 Å². The van der Waals surface area contributed by atoms with Crippen molar-refractivity contribution in [2.24, 2.45) is 5.73 Å². The summed E-state index contributed by atoms with van der Waals surface area (Å²) in [4.78, 5) is 3.55. The van der Waals surface area contributed by atoms with E-state index < -0.39 is 12.1 Å². The van der Waals surface area contributed by atoms with Crippen LogP contribution in [-0.4, -0.2) is 11.3 Å². The van der Waals surface area contributed by atoms with E-state index in [-0.39, 0.29) is 22.9 Å². The second kappa shape index (κ2) is 4.11. The number of hydrogen-bond acceptors (Lipinski definition) is 4. The molecule has 4 nitrogen and oxygen atoms in total. The van der Waals surface area contributed by atoms with E-state index in [2.05, 4.69) is 9.72 Å². The Labute approximate surface area is 88.0 Å². The molecule has 0 aliphatic carbocycles. The van der Waals surface area contributed by atoms with E-state index >= 15 is 0 Å². The largest absolute Gasteiger partial charge is 0.573 e. The summed E-state index contributed by atoms with van der Waals surface area (Å²) in [6.45, 7) is -0.248. The molecule has 0 aliphatic rings. The molecular weight excluding hydrogens is 235 g/mol. The van der Waals surface area contributed by atoms with Gasteiger partial charge in [-0.05, 0) is 0 Å². The number of nitrogens with zero attached hydrogens (tertiary/aromatic N) is 1. The van der Waals surface area contributed by atoms with Gasteiger partial charge in [-0.1, -0.05) is 11.6 Å². The Bertz CT molecular complexity index is 369. The maximum Gasteiger partial charge on any atom is 0.573 e. The molecule has 1 aromatic heterocycles. The minimum atomic E-state index is -4.84. The number of nitrogen functional groups attached to an aromatic ring is 1. The molecule has 0 spiro atoms. The van der Waals surface area contributed by atoms with Crippen molar-refractivity contribution in [3.8, 4) is 5.75 Å². The molecule has 0 atom stereocenters. The molecule has 0 bridgehead atoms. The van der Waals surface area contributed by atoms with Gasteiger partial charge in [0, 0.05) is 12.1 Å². The molecule has 8 heteroatoms. The lowest BCUT2D eigenvalue weighted by Gasteiger charge is -2.14. The summed E-state index contributed by atoms with van der Waals surface area (Å²) < 4.78 is 39.7. The number of alkyl halides is 3. The molecule has 84 valence electrons. The number of anilines is 1. The third-order valence-corrected chi connectivity index (χ3v) is 1.85. The zero-order chi connectivity index (χ0) is 11.6. The van der Waals surface area contributed by atoms with Crippen LogP contribution in [0.2, 0.25) is 5.15 Å². The van der Waals surface area contributed by atoms with E-state index in [0.29, 0.717) is 0 Å². The Hall–Kier alpha value is -1.21. The van der Waals surface area contributed by atoms with Gasteiger partial charge in [-0.25, -0.2) is 4.98 Å². The number of aromatic nitrogens is 1. The van der Waals surface area contributed by atoms with Crippen LogP contribution >= 0.6 is 11.6 Å². The zero-order valence-electron chi connectivity index (χ0n) is 7.31. The minimum Gasteiger partial charge on any atom is -0.403 e. The van der Waals surface area contributed by atoms with Crippen molar-refractivity contribution in [3.63, 3.8) is 0 Å². The predicted molar refractivity (Wildman–Crippen MR) is 48.2 cm³/mol. The lowest BCUT2D eigenvalue weighted by atomic mass is 10.2. The van der Waals surface area contributed by atoms with E-state index in [9.17, 15) is 13.2 Å². The summed E-state index contributed by atoms with van der Waals surface area (Å²) in [5.74, 6) is -0.593. The van der Waals surface area contributed by atoms with Gasteiger partial charge in [0.1, 0.15) is 5.15 Å². The van der Waals surface area contributed by atoms with Gasteiger partial charge in [0.2, 0.25) is 0 Å². The summed E-state index contributed by atoms with van der Waals surface area (Å²) >= 11 is 5.54. The third kappa shape index (κ3) is 2.87. The van der Waals surface area contributed by atoms with Gasteiger partial charge < -0.3 is 16.2 Å². The monoisotopic (exact) mass is 241 g/mol. The van der Waals surface area contributed by atoms with Crippen molar-refractivity contribution < 1.29 is 17.9 Å². The van der Waals surface area contributed by atoms with E-state index in [1.807, 2.05) is 0 Å². The Morgan fingerprint density at radius 2 is 2.07 bits per heavy atom. The summed E-state index contributed by atoms with van der Waals surface area (Å²) in [6.07, 6.45) is -3.87. The first-order valence-corrected chi connectivity index (χ1v) is 4.11. The van der Waals surface area contributed by atoms with E-state index in [1.54, 1.807) is 0 Å². The molecule has 0 amide bonds. The highest BCUT2D eigenvalue weighted by molar-refractivity contribution is 6.30. The fourth-order valence-electron chi connectivity index (χ4n) is 0.944. The van der Waals surface area contributed by atoms with Crippen LogP contribution < -0.4 is 16.2 Å². The average Bonchev–Trinajstić information content (AvgIpc) is 2.10. The highest BCUT2D eigenvalue weighted by Gasteiger charge is 2.33. The maximum atomic E-state index is 12.0. The molecule has 0 aromatic carbocycles. The van der Waals surface area contributed by atoms with Crippen molar-refractivity contribution in [2.75, 3.05) is 5.73 Å². The van der Waals surface area contributed by atoms with Gasteiger partial charge in [0.05, 0.1) is 11.9 Å². The molecular formula is C7H7ClF3N3O. The lowest BCUT2D eigenvalue weighted by Crippen LogP contribution is -2.20. The summed E-state index contributed by atoms with van der Waals surface area (Å²) in [7, 11) is 0. The molecule has 4 N–H and O–H groups in total. The van der Waals surface area contributed by atoms with Gasteiger partial charge in [-0.2, -0.15) is 0 Å². The molecule has 1 rings (SSSR count). The van der Waals surface area contributed by atoms with Crippen LogP contribution in [0, 0.1) is 0 Å². The maximum absolute atomic E-state index is 12.0. The van der Waals surface area contributed by atoms with Gasteiger partial charge in [-0.15, -0.1) is 13.2 Å². The molecule has 1 heterocycles. The van der Waals surface area contributed by atoms with Gasteiger partial charge in [0.25, 0.3) is 0 Å². The van der Waals surface area contributed by atoms with E-state index in [0.717, 1.165) is 6.20 Å². The molecule has 0 saturated heterocycles. The van der Waals surface area contributed by atoms with Gasteiger partial charge in [0.15, 0.2) is 5.75 Å². The quantitative estimate of drug-likeness (QED) is 0.773. The van der Waals surface area contributed by atoms with Crippen molar-refractivity contribution in [2.45, 2.75) is 12.9 Å². The minimum absolute atomic E-state index is 0.0750. The molecule has 0 saturated carbocycles. The standard InChI is InChI=1S/C7H7ClF3N3O/c8-6-3(1-12)5(4(13)2-14-6)15-7(9,10)11/h2H,1,12-13H2. The topological polar surface area (TPSA) is 74.2 Å². The SMILES string of the molecule is NCc1c(Cl)ncc(N)c1OC(F)(F)F. The number of rotatable bonds is 2. The fourth-order valence-corrected chi connectivity index (χ4v) is 1.16. The van der Waals surface area contributed by atoms with Crippen LogP contribution in [0.15, 0.2) is 6.20 Å². The van der Waals surface area contributed by atoms with Crippen LogP contribution in [0.3, 0.4) is 0 Å². The highest BCUT2D eigenvalue weighted by Crippen LogP contribution is 2.34. The smallest absolute Gasteiger partial charge is 0.403 e. The van der Waals surface area contributed by atoms with Crippen LogP contribution in [0.5, 0.6) is 5.75 Å². The second-order valence-electron chi connectivity index (χ2n) is 2.56. The molecule has 0 fully saturated rings. The van der Waals surface area contributed by atoms with E-state index in [4.69, 9.17) is 23.1 Å². The first kappa shape index (κ1) is 11.9. The number of ether oxygens (including phenoxy) is 1.